The molecule has 14 heavy (non-hydrogen) atoms. The van der Waals surface area contributed by atoms with E-state index in [0.717, 1.165) is 13.2 Å². The highest BCUT2D eigenvalue weighted by Gasteiger charge is 2.14. The fraction of sp³-hybridized carbons (Fsp3) is 1.00. The molecule has 0 aromatic rings. The van der Waals surface area contributed by atoms with E-state index in [-0.39, 0.29) is 0 Å². The lowest BCUT2D eigenvalue weighted by Gasteiger charge is -2.23. The summed E-state index contributed by atoms with van der Waals surface area (Å²) in [6.45, 7) is 10.1. The molecule has 84 valence electrons. The Balaban J connectivity index is 2.22. The SMILES string of the molecule is COCC(C)CN1CCNC(C)CC1. The van der Waals surface area contributed by atoms with Crippen molar-refractivity contribution < 1.29 is 4.74 Å². The summed E-state index contributed by atoms with van der Waals surface area (Å²) in [5.41, 5.74) is 0. The number of ether oxygens (including phenoxy) is 1. The Bertz CT molecular complexity index is 152. The van der Waals surface area contributed by atoms with Crippen LogP contribution in [-0.2, 0) is 4.74 Å². The summed E-state index contributed by atoms with van der Waals surface area (Å²) in [5.74, 6) is 0.647. The highest BCUT2D eigenvalue weighted by atomic mass is 16.5. The topological polar surface area (TPSA) is 24.5 Å². The Kier molecular flexibility index (Phi) is 5.45. The van der Waals surface area contributed by atoms with Crippen molar-refractivity contribution in [3.05, 3.63) is 0 Å². The molecule has 0 saturated carbocycles. The van der Waals surface area contributed by atoms with Gasteiger partial charge >= 0.3 is 0 Å². The van der Waals surface area contributed by atoms with E-state index in [1.807, 2.05) is 0 Å². The molecule has 2 atom stereocenters. The number of hydrogen-bond donors (Lipinski definition) is 1. The van der Waals surface area contributed by atoms with Crippen LogP contribution in [0.1, 0.15) is 20.3 Å². The van der Waals surface area contributed by atoms with Crippen LogP contribution in [0.5, 0.6) is 0 Å². The molecule has 1 aliphatic heterocycles. The van der Waals surface area contributed by atoms with E-state index in [1.165, 1.54) is 26.1 Å². The zero-order valence-corrected chi connectivity index (χ0v) is 9.75. The fourth-order valence-corrected chi connectivity index (χ4v) is 2.02. The molecule has 0 bridgehead atoms. The van der Waals surface area contributed by atoms with Gasteiger partial charge in [0.2, 0.25) is 0 Å². The first-order chi connectivity index (χ1) is 6.72. The van der Waals surface area contributed by atoms with Gasteiger partial charge in [-0.2, -0.15) is 0 Å². The van der Waals surface area contributed by atoms with Gasteiger partial charge in [-0.1, -0.05) is 6.92 Å². The second-order valence-electron chi connectivity index (χ2n) is 4.50. The van der Waals surface area contributed by atoms with Crippen LogP contribution < -0.4 is 5.32 Å². The van der Waals surface area contributed by atoms with E-state index in [0.29, 0.717) is 12.0 Å². The Morgan fingerprint density at radius 2 is 2.29 bits per heavy atom. The number of rotatable bonds is 4. The minimum atomic E-state index is 0.647. The zero-order chi connectivity index (χ0) is 10.4. The maximum atomic E-state index is 5.16. The van der Waals surface area contributed by atoms with Crippen molar-refractivity contribution in [2.45, 2.75) is 26.3 Å². The monoisotopic (exact) mass is 200 g/mol. The smallest absolute Gasteiger partial charge is 0.0500 e. The molecule has 0 aromatic heterocycles. The van der Waals surface area contributed by atoms with E-state index >= 15 is 0 Å². The summed E-state index contributed by atoms with van der Waals surface area (Å²) in [4.78, 5) is 2.54. The quantitative estimate of drug-likeness (QED) is 0.731. The van der Waals surface area contributed by atoms with Crippen LogP contribution in [0.25, 0.3) is 0 Å². The van der Waals surface area contributed by atoms with Gasteiger partial charge in [-0.15, -0.1) is 0 Å². The van der Waals surface area contributed by atoms with Crippen molar-refractivity contribution in [3.8, 4) is 0 Å². The molecule has 1 aliphatic rings. The minimum Gasteiger partial charge on any atom is -0.384 e. The average Bonchev–Trinajstić information content (AvgIpc) is 2.32. The van der Waals surface area contributed by atoms with Crippen molar-refractivity contribution in [1.29, 1.82) is 0 Å². The third-order valence-electron chi connectivity index (χ3n) is 2.82. The van der Waals surface area contributed by atoms with Crippen molar-refractivity contribution in [3.63, 3.8) is 0 Å². The van der Waals surface area contributed by atoms with Crippen molar-refractivity contribution in [2.24, 2.45) is 5.92 Å². The first kappa shape index (κ1) is 12.0. The fourth-order valence-electron chi connectivity index (χ4n) is 2.02. The Hall–Kier alpha value is -0.120. The average molecular weight is 200 g/mol. The first-order valence-electron chi connectivity index (χ1n) is 5.67. The highest BCUT2D eigenvalue weighted by Crippen LogP contribution is 2.05. The Labute approximate surface area is 87.8 Å². The van der Waals surface area contributed by atoms with E-state index < -0.39 is 0 Å². The molecule has 1 rings (SSSR count). The summed E-state index contributed by atoms with van der Waals surface area (Å²) in [7, 11) is 1.78. The van der Waals surface area contributed by atoms with Gasteiger partial charge in [-0.3, -0.25) is 0 Å². The standard InChI is InChI=1S/C11H24N2O/c1-10(9-14-3)8-13-6-4-11(2)12-5-7-13/h10-12H,4-9H2,1-3H3. The van der Waals surface area contributed by atoms with Crippen LogP contribution in [-0.4, -0.2) is 50.8 Å². The van der Waals surface area contributed by atoms with Crippen LogP contribution in [0.3, 0.4) is 0 Å². The Morgan fingerprint density at radius 3 is 3.00 bits per heavy atom. The van der Waals surface area contributed by atoms with E-state index in [2.05, 4.69) is 24.1 Å². The van der Waals surface area contributed by atoms with Gasteiger partial charge in [0.05, 0.1) is 0 Å². The molecular formula is C11H24N2O. The van der Waals surface area contributed by atoms with Gasteiger partial charge in [0, 0.05) is 39.4 Å². The molecule has 3 heteroatoms. The lowest BCUT2D eigenvalue weighted by atomic mass is 10.1. The summed E-state index contributed by atoms with van der Waals surface area (Å²) in [6.07, 6.45) is 1.26. The number of hydrogen-bond acceptors (Lipinski definition) is 3. The molecule has 1 heterocycles. The summed E-state index contributed by atoms with van der Waals surface area (Å²) < 4.78 is 5.16. The Morgan fingerprint density at radius 1 is 1.50 bits per heavy atom. The van der Waals surface area contributed by atoms with E-state index in [4.69, 9.17) is 4.74 Å². The lowest BCUT2D eigenvalue weighted by Crippen LogP contribution is -2.33. The van der Waals surface area contributed by atoms with Crippen LogP contribution >= 0.6 is 0 Å². The van der Waals surface area contributed by atoms with Gasteiger partial charge in [0.15, 0.2) is 0 Å². The highest BCUT2D eigenvalue weighted by molar-refractivity contribution is 4.72. The maximum absolute atomic E-state index is 5.16. The van der Waals surface area contributed by atoms with Crippen LogP contribution in [0.4, 0.5) is 0 Å². The lowest BCUT2D eigenvalue weighted by molar-refractivity contribution is 0.131. The van der Waals surface area contributed by atoms with Crippen LogP contribution in [0, 0.1) is 5.92 Å². The molecule has 0 spiro atoms. The number of methoxy groups -OCH3 is 1. The van der Waals surface area contributed by atoms with Gasteiger partial charge in [0.25, 0.3) is 0 Å². The van der Waals surface area contributed by atoms with E-state index in [9.17, 15) is 0 Å². The normalized spacial score (nSPS) is 27.2. The van der Waals surface area contributed by atoms with Gasteiger partial charge in [-0.05, 0) is 25.8 Å². The molecule has 1 fully saturated rings. The molecule has 1 saturated heterocycles. The van der Waals surface area contributed by atoms with Crippen molar-refractivity contribution in [2.75, 3.05) is 39.9 Å². The molecule has 0 amide bonds. The number of nitrogens with zero attached hydrogens (tertiary/aromatic N) is 1. The second-order valence-corrected chi connectivity index (χ2v) is 4.50. The van der Waals surface area contributed by atoms with Crippen LogP contribution in [0.15, 0.2) is 0 Å². The largest absolute Gasteiger partial charge is 0.384 e. The molecule has 3 nitrogen and oxygen atoms in total. The first-order valence-corrected chi connectivity index (χ1v) is 5.67. The van der Waals surface area contributed by atoms with Crippen molar-refractivity contribution >= 4 is 0 Å². The predicted octanol–water partition coefficient (Wildman–Crippen LogP) is 0.953. The summed E-state index contributed by atoms with van der Waals surface area (Å²) in [6, 6.07) is 0.678. The predicted molar refractivity (Wildman–Crippen MR) is 59.6 cm³/mol. The molecule has 1 N–H and O–H groups in total. The zero-order valence-electron chi connectivity index (χ0n) is 9.75. The van der Waals surface area contributed by atoms with Gasteiger partial charge in [0.1, 0.15) is 0 Å². The van der Waals surface area contributed by atoms with Gasteiger partial charge < -0.3 is 15.0 Å². The molecular weight excluding hydrogens is 176 g/mol. The molecule has 0 radical (unpaired) electrons. The molecule has 0 aliphatic carbocycles. The van der Waals surface area contributed by atoms with Crippen LogP contribution in [0.2, 0.25) is 0 Å². The number of nitrogens with one attached hydrogen (secondary N) is 1. The second kappa shape index (κ2) is 6.38. The van der Waals surface area contributed by atoms with Crippen molar-refractivity contribution in [1.82, 2.24) is 10.2 Å². The third kappa shape index (κ3) is 4.40. The summed E-state index contributed by atoms with van der Waals surface area (Å²) >= 11 is 0. The summed E-state index contributed by atoms with van der Waals surface area (Å²) in [5, 5.41) is 3.51. The molecule has 0 aromatic carbocycles. The third-order valence-corrected chi connectivity index (χ3v) is 2.82. The molecule has 2 unspecified atom stereocenters. The van der Waals surface area contributed by atoms with E-state index in [1.54, 1.807) is 7.11 Å². The maximum Gasteiger partial charge on any atom is 0.0500 e. The van der Waals surface area contributed by atoms with Gasteiger partial charge in [-0.25, -0.2) is 0 Å². The minimum absolute atomic E-state index is 0.647.